The van der Waals surface area contributed by atoms with Crippen LogP contribution in [-0.2, 0) is 0 Å². The van der Waals surface area contributed by atoms with Crippen LogP contribution in [0.2, 0.25) is 4.47 Å². The maximum Gasteiger partial charge on any atom is 0.272 e. The van der Waals surface area contributed by atoms with Gasteiger partial charge in [-0.25, -0.2) is 4.98 Å². The Bertz CT molecular complexity index is 466. The van der Waals surface area contributed by atoms with Gasteiger partial charge in [-0.15, -0.1) is 0 Å². The van der Waals surface area contributed by atoms with Gasteiger partial charge in [0.1, 0.15) is 4.88 Å². The van der Waals surface area contributed by atoms with E-state index in [0.717, 1.165) is 23.1 Å². The molecule has 1 N–H and O–H groups in total. The summed E-state index contributed by atoms with van der Waals surface area (Å²) in [5.41, 5.74) is -0.267. The van der Waals surface area contributed by atoms with Crippen molar-refractivity contribution in [3.05, 3.63) is 15.0 Å². The van der Waals surface area contributed by atoms with E-state index in [0.29, 0.717) is 10.6 Å². The number of carbonyl (C=O) groups excluding carboxylic acids is 2. The second kappa shape index (κ2) is 6.04. The van der Waals surface area contributed by atoms with Crippen LogP contribution in [0.4, 0.5) is 0 Å². The molecule has 0 aliphatic rings. The molecule has 0 aliphatic heterocycles. The molecule has 0 spiro atoms. The zero-order valence-electron chi connectivity index (χ0n) is 10.7. The predicted octanol–water partition coefficient (Wildman–Crippen LogP) is 3.22. The maximum atomic E-state index is 12.0. The van der Waals surface area contributed by atoms with Crippen molar-refractivity contribution in [3.8, 4) is 0 Å². The summed E-state index contributed by atoms with van der Waals surface area (Å²) in [5, 5.41) is 2.61. The van der Waals surface area contributed by atoms with E-state index in [2.05, 4.69) is 10.3 Å². The number of halogens is 1. The van der Waals surface area contributed by atoms with Gasteiger partial charge in [-0.05, 0) is 26.5 Å². The van der Waals surface area contributed by atoms with E-state index in [4.69, 9.17) is 11.6 Å². The fourth-order valence-corrected chi connectivity index (χ4v) is 2.91. The maximum absolute atomic E-state index is 12.0. The Morgan fingerprint density at radius 3 is 2.56 bits per heavy atom. The van der Waals surface area contributed by atoms with Gasteiger partial charge in [-0.2, -0.15) is 0 Å². The minimum atomic E-state index is -0.384. The molecular formula is C11H15ClN2O2S2. The second-order valence-electron chi connectivity index (χ2n) is 4.57. The molecular weight excluding hydrogens is 292 g/mol. The number of hydrogen-bond donors (Lipinski definition) is 1. The summed E-state index contributed by atoms with van der Waals surface area (Å²) in [6.07, 6.45) is 0. The molecule has 1 heterocycles. The molecule has 18 heavy (non-hydrogen) atoms. The summed E-state index contributed by atoms with van der Waals surface area (Å²) in [6.45, 7) is 7.46. The molecule has 0 radical (unpaired) electrons. The Labute approximate surface area is 120 Å². The van der Waals surface area contributed by atoms with E-state index in [-0.39, 0.29) is 26.7 Å². The third kappa shape index (κ3) is 4.26. The van der Waals surface area contributed by atoms with E-state index >= 15 is 0 Å². The summed E-state index contributed by atoms with van der Waals surface area (Å²) in [5.74, 6) is 0.278. The van der Waals surface area contributed by atoms with Crippen LogP contribution in [0.1, 0.15) is 47.9 Å². The van der Waals surface area contributed by atoms with Gasteiger partial charge >= 0.3 is 0 Å². The number of thiazole rings is 1. The van der Waals surface area contributed by atoms with Crippen LogP contribution in [-0.4, -0.2) is 27.3 Å². The number of thioether (sulfide) groups is 1. The van der Waals surface area contributed by atoms with Gasteiger partial charge in [0.25, 0.3) is 5.91 Å². The number of amides is 1. The molecule has 100 valence electrons. The van der Waals surface area contributed by atoms with Crippen LogP contribution in [0.15, 0.2) is 0 Å². The number of nitrogens with one attached hydrogen (secondary N) is 1. The van der Waals surface area contributed by atoms with Crippen molar-refractivity contribution in [3.63, 3.8) is 0 Å². The average Bonchev–Trinajstić information content (AvgIpc) is 2.58. The molecule has 1 rings (SSSR count). The Morgan fingerprint density at radius 2 is 2.06 bits per heavy atom. The first kappa shape index (κ1) is 15.5. The highest BCUT2D eigenvalue weighted by Gasteiger charge is 2.25. The van der Waals surface area contributed by atoms with Crippen LogP contribution < -0.4 is 5.32 Å². The quantitative estimate of drug-likeness (QED) is 0.931. The lowest BCUT2D eigenvalue weighted by Crippen LogP contribution is -2.41. The SMILES string of the molecule is CCSC(=O)c1sc(Cl)nc1C(=O)NC(C)(C)C. The highest BCUT2D eigenvalue weighted by atomic mass is 35.5. The van der Waals surface area contributed by atoms with Gasteiger partial charge in [0.15, 0.2) is 10.2 Å². The van der Waals surface area contributed by atoms with E-state index < -0.39 is 0 Å². The Hall–Kier alpha value is -0.590. The summed E-state index contributed by atoms with van der Waals surface area (Å²) < 4.78 is 0.203. The lowest BCUT2D eigenvalue weighted by atomic mass is 10.1. The molecule has 7 heteroatoms. The van der Waals surface area contributed by atoms with Gasteiger partial charge in [-0.3, -0.25) is 9.59 Å². The fourth-order valence-electron chi connectivity index (χ4n) is 1.18. The van der Waals surface area contributed by atoms with Gasteiger partial charge in [0.2, 0.25) is 5.12 Å². The van der Waals surface area contributed by atoms with Crippen LogP contribution in [0.5, 0.6) is 0 Å². The molecule has 0 bridgehead atoms. The first-order valence-electron chi connectivity index (χ1n) is 5.40. The molecule has 1 aromatic rings. The molecule has 0 aliphatic carbocycles. The summed E-state index contributed by atoms with van der Waals surface area (Å²) >= 11 is 7.97. The van der Waals surface area contributed by atoms with Crippen LogP contribution in [0, 0.1) is 0 Å². The van der Waals surface area contributed by atoms with Crippen molar-refractivity contribution >= 4 is 45.7 Å². The van der Waals surface area contributed by atoms with Crippen LogP contribution in [0.3, 0.4) is 0 Å². The Kier molecular flexibility index (Phi) is 5.19. The smallest absolute Gasteiger partial charge is 0.272 e. The van der Waals surface area contributed by atoms with E-state index in [1.807, 2.05) is 27.7 Å². The molecule has 1 amide bonds. The topological polar surface area (TPSA) is 59.1 Å². The average molecular weight is 307 g/mol. The monoisotopic (exact) mass is 306 g/mol. The summed E-state index contributed by atoms with van der Waals surface area (Å²) in [4.78, 5) is 28.1. The van der Waals surface area contributed by atoms with Gasteiger partial charge in [0.05, 0.1) is 0 Å². The number of carbonyl (C=O) groups is 2. The highest BCUT2D eigenvalue weighted by molar-refractivity contribution is 8.14. The highest BCUT2D eigenvalue weighted by Crippen LogP contribution is 2.27. The normalized spacial score (nSPS) is 11.4. The predicted molar refractivity (Wildman–Crippen MR) is 76.8 cm³/mol. The fraction of sp³-hybridized carbons (Fsp3) is 0.545. The molecule has 0 aromatic carbocycles. The lowest BCUT2D eigenvalue weighted by molar-refractivity contribution is 0.0909. The van der Waals surface area contributed by atoms with E-state index in [9.17, 15) is 9.59 Å². The van der Waals surface area contributed by atoms with Crippen molar-refractivity contribution in [1.29, 1.82) is 0 Å². The molecule has 0 saturated heterocycles. The number of rotatable bonds is 3. The summed E-state index contributed by atoms with van der Waals surface area (Å²) in [6, 6.07) is 0. The van der Waals surface area contributed by atoms with E-state index in [1.54, 1.807) is 0 Å². The third-order valence-corrected chi connectivity index (χ3v) is 3.81. The second-order valence-corrected chi connectivity index (χ2v) is 7.39. The van der Waals surface area contributed by atoms with E-state index in [1.165, 1.54) is 0 Å². The van der Waals surface area contributed by atoms with Crippen LogP contribution >= 0.6 is 34.7 Å². The van der Waals surface area contributed by atoms with Gasteiger partial charge in [0, 0.05) is 5.54 Å². The zero-order valence-corrected chi connectivity index (χ0v) is 13.1. The van der Waals surface area contributed by atoms with Gasteiger partial charge in [-0.1, -0.05) is 41.6 Å². The minimum Gasteiger partial charge on any atom is -0.346 e. The first-order chi connectivity index (χ1) is 8.24. The number of aromatic nitrogens is 1. The van der Waals surface area contributed by atoms with Crippen molar-refractivity contribution in [2.45, 2.75) is 33.2 Å². The lowest BCUT2D eigenvalue weighted by Gasteiger charge is -2.19. The first-order valence-corrected chi connectivity index (χ1v) is 7.58. The molecule has 0 atom stereocenters. The third-order valence-electron chi connectivity index (χ3n) is 1.77. The number of nitrogens with zero attached hydrogens (tertiary/aromatic N) is 1. The molecule has 0 saturated carbocycles. The summed E-state index contributed by atoms with van der Waals surface area (Å²) in [7, 11) is 0. The molecule has 1 aromatic heterocycles. The van der Waals surface area contributed by atoms with Crippen LogP contribution in [0.25, 0.3) is 0 Å². The van der Waals surface area contributed by atoms with Gasteiger partial charge < -0.3 is 5.32 Å². The minimum absolute atomic E-state index is 0.117. The number of hydrogen-bond acceptors (Lipinski definition) is 5. The standard InChI is InChI=1S/C11H15ClN2O2S2/c1-5-17-9(16)7-6(13-10(12)18-7)8(15)14-11(2,3)4/h5H2,1-4H3,(H,14,15). The van der Waals surface area contributed by atoms with Crippen molar-refractivity contribution in [2.75, 3.05) is 5.75 Å². The largest absolute Gasteiger partial charge is 0.346 e. The van der Waals surface area contributed by atoms with Crippen molar-refractivity contribution < 1.29 is 9.59 Å². The Morgan fingerprint density at radius 1 is 1.44 bits per heavy atom. The molecule has 4 nitrogen and oxygen atoms in total. The van der Waals surface area contributed by atoms with Crippen molar-refractivity contribution in [1.82, 2.24) is 10.3 Å². The zero-order chi connectivity index (χ0) is 13.9. The molecule has 0 unspecified atom stereocenters. The molecule has 0 fully saturated rings. The van der Waals surface area contributed by atoms with Crippen molar-refractivity contribution in [2.24, 2.45) is 0 Å². The Balaban J connectivity index is 3.02.